The maximum atomic E-state index is 5.71. The van der Waals surface area contributed by atoms with Gasteiger partial charge in [-0.25, -0.2) is 0 Å². The summed E-state index contributed by atoms with van der Waals surface area (Å²) < 4.78 is 0. The summed E-state index contributed by atoms with van der Waals surface area (Å²) in [7, 11) is 0. The smallest absolute Gasteiger partial charge is 0.0700 e. The average molecular weight is 147 g/mol. The van der Waals surface area contributed by atoms with Crippen LogP contribution >= 0.6 is 0 Å². The number of aromatic nitrogens is 2. The highest BCUT2D eigenvalue weighted by Crippen LogP contribution is 2.20. The lowest BCUT2D eigenvalue weighted by Gasteiger charge is -1.96. The maximum Gasteiger partial charge on any atom is 0.0700 e. The number of aromatic amines is 1. The summed E-state index contributed by atoms with van der Waals surface area (Å²) in [5, 5.41) is 7.82. The highest BCUT2D eigenvalue weighted by atomic mass is 15.1. The molecular formula is C8H9N3. The summed E-state index contributed by atoms with van der Waals surface area (Å²) in [6.07, 6.45) is 1.75. The fourth-order valence-electron chi connectivity index (χ4n) is 1.19. The third kappa shape index (κ3) is 0.774. The second-order valence-electron chi connectivity index (χ2n) is 2.63. The molecule has 0 atom stereocenters. The Balaban J connectivity index is 2.96. The van der Waals surface area contributed by atoms with E-state index in [2.05, 4.69) is 10.2 Å². The molecule has 3 nitrogen and oxygen atoms in total. The van der Waals surface area contributed by atoms with Gasteiger partial charge >= 0.3 is 0 Å². The van der Waals surface area contributed by atoms with Crippen LogP contribution in [0.4, 0.5) is 5.69 Å². The standard InChI is InChI=1S/C8H9N3/c1-5-2-3-7(9)6-4-10-11-8(5)6/h2-4H,9H2,1H3,(H,10,11). The third-order valence-electron chi connectivity index (χ3n) is 1.86. The molecule has 0 aliphatic heterocycles. The van der Waals surface area contributed by atoms with E-state index in [4.69, 9.17) is 5.73 Å². The maximum absolute atomic E-state index is 5.71. The molecule has 1 aromatic heterocycles. The highest BCUT2D eigenvalue weighted by molar-refractivity contribution is 5.91. The fourth-order valence-corrected chi connectivity index (χ4v) is 1.19. The molecule has 3 N–H and O–H groups in total. The van der Waals surface area contributed by atoms with Gasteiger partial charge in [0.25, 0.3) is 0 Å². The summed E-state index contributed by atoms with van der Waals surface area (Å²) in [6, 6.07) is 3.88. The Bertz CT molecular complexity index is 353. The van der Waals surface area contributed by atoms with Gasteiger partial charge in [-0.05, 0) is 18.6 Å². The summed E-state index contributed by atoms with van der Waals surface area (Å²) in [5.74, 6) is 0. The van der Waals surface area contributed by atoms with Crippen LogP contribution < -0.4 is 5.73 Å². The minimum Gasteiger partial charge on any atom is -0.398 e. The Morgan fingerprint density at radius 3 is 3.00 bits per heavy atom. The van der Waals surface area contributed by atoms with E-state index in [1.807, 2.05) is 19.1 Å². The highest BCUT2D eigenvalue weighted by Gasteiger charge is 2.00. The average Bonchev–Trinajstić information content (AvgIpc) is 2.45. The number of fused-ring (bicyclic) bond motifs is 1. The molecule has 2 rings (SSSR count). The number of hydrogen-bond acceptors (Lipinski definition) is 2. The van der Waals surface area contributed by atoms with E-state index in [1.54, 1.807) is 6.20 Å². The number of H-pyrrole nitrogens is 1. The molecule has 2 aromatic rings. The van der Waals surface area contributed by atoms with E-state index in [0.717, 1.165) is 16.6 Å². The molecule has 0 radical (unpaired) electrons. The van der Waals surface area contributed by atoms with E-state index in [0.29, 0.717) is 0 Å². The zero-order chi connectivity index (χ0) is 7.84. The van der Waals surface area contributed by atoms with Gasteiger partial charge in [0, 0.05) is 11.1 Å². The molecule has 11 heavy (non-hydrogen) atoms. The van der Waals surface area contributed by atoms with Gasteiger partial charge in [-0.2, -0.15) is 5.10 Å². The molecule has 0 fully saturated rings. The van der Waals surface area contributed by atoms with Crippen LogP contribution in [0.2, 0.25) is 0 Å². The Hall–Kier alpha value is -1.51. The lowest BCUT2D eigenvalue weighted by atomic mass is 10.1. The quantitative estimate of drug-likeness (QED) is 0.554. The minimum atomic E-state index is 0.777. The summed E-state index contributed by atoms with van der Waals surface area (Å²) in [4.78, 5) is 0. The Morgan fingerprint density at radius 1 is 1.45 bits per heavy atom. The second-order valence-corrected chi connectivity index (χ2v) is 2.63. The zero-order valence-corrected chi connectivity index (χ0v) is 6.26. The summed E-state index contributed by atoms with van der Waals surface area (Å²) in [5.41, 5.74) is 8.69. The molecule has 0 amide bonds. The van der Waals surface area contributed by atoms with Crippen LogP contribution in [0.1, 0.15) is 5.56 Å². The number of aryl methyl sites for hydroxylation is 1. The Labute approximate surface area is 64.2 Å². The Kier molecular flexibility index (Phi) is 1.12. The van der Waals surface area contributed by atoms with E-state index in [1.165, 1.54) is 5.56 Å². The van der Waals surface area contributed by atoms with Gasteiger partial charge in [0.1, 0.15) is 0 Å². The Morgan fingerprint density at radius 2 is 2.27 bits per heavy atom. The van der Waals surface area contributed by atoms with Crippen molar-refractivity contribution in [3.8, 4) is 0 Å². The third-order valence-corrected chi connectivity index (χ3v) is 1.86. The van der Waals surface area contributed by atoms with Gasteiger partial charge in [0.2, 0.25) is 0 Å². The number of nitrogen functional groups attached to an aromatic ring is 1. The van der Waals surface area contributed by atoms with Crippen molar-refractivity contribution in [1.82, 2.24) is 10.2 Å². The van der Waals surface area contributed by atoms with Gasteiger partial charge in [0.15, 0.2) is 0 Å². The first kappa shape index (κ1) is 6.22. The number of rotatable bonds is 0. The first-order valence-corrected chi connectivity index (χ1v) is 3.47. The van der Waals surface area contributed by atoms with Gasteiger partial charge in [0.05, 0.1) is 11.7 Å². The first-order chi connectivity index (χ1) is 5.29. The predicted octanol–water partition coefficient (Wildman–Crippen LogP) is 1.45. The molecule has 1 aromatic carbocycles. The first-order valence-electron chi connectivity index (χ1n) is 3.47. The topological polar surface area (TPSA) is 54.7 Å². The molecule has 0 aliphatic carbocycles. The molecular weight excluding hydrogens is 138 g/mol. The molecule has 0 aliphatic rings. The second kappa shape index (κ2) is 1.99. The van der Waals surface area contributed by atoms with Crippen molar-refractivity contribution in [3.05, 3.63) is 23.9 Å². The largest absolute Gasteiger partial charge is 0.398 e. The fraction of sp³-hybridized carbons (Fsp3) is 0.125. The van der Waals surface area contributed by atoms with Crippen LogP contribution in [-0.2, 0) is 0 Å². The van der Waals surface area contributed by atoms with Crippen LogP contribution in [0.5, 0.6) is 0 Å². The van der Waals surface area contributed by atoms with Crippen LogP contribution in [0.25, 0.3) is 10.9 Å². The van der Waals surface area contributed by atoms with Crippen LogP contribution in [-0.4, -0.2) is 10.2 Å². The van der Waals surface area contributed by atoms with Crippen molar-refractivity contribution in [1.29, 1.82) is 0 Å². The van der Waals surface area contributed by atoms with Crippen molar-refractivity contribution in [2.45, 2.75) is 6.92 Å². The van der Waals surface area contributed by atoms with Crippen molar-refractivity contribution in [2.24, 2.45) is 0 Å². The van der Waals surface area contributed by atoms with Crippen molar-refractivity contribution in [3.63, 3.8) is 0 Å². The number of nitrogens with two attached hydrogens (primary N) is 1. The molecule has 0 bridgehead atoms. The zero-order valence-electron chi connectivity index (χ0n) is 6.26. The van der Waals surface area contributed by atoms with Crippen molar-refractivity contribution < 1.29 is 0 Å². The molecule has 3 heteroatoms. The van der Waals surface area contributed by atoms with Crippen LogP contribution in [0.3, 0.4) is 0 Å². The van der Waals surface area contributed by atoms with Crippen LogP contribution in [0, 0.1) is 6.92 Å². The van der Waals surface area contributed by atoms with Gasteiger partial charge in [-0.3, -0.25) is 5.10 Å². The molecule has 0 saturated carbocycles. The van der Waals surface area contributed by atoms with Crippen LogP contribution in [0.15, 0.2) is 18.3 Å². The number of hydrogen-bond donors (Lipinski definition) is 2. The van der Waals surface area contributed by atoms with E-state index in [-0.39, 0.29) is 0 Å². The lowest BCUT2D eigenvalue weighted by Crippen LogP contribution is -1.86. The van der Waals surface area contributed by atoms with E-state index in [9.17, 15) is 0 Å². The van der Waals surface area contributed by atoms with Gasteiger partial charge in [-0.15, -0.1) is 0 Å². The molecule has 0 saturated heterocycles. The van der Waals surface area contributed by atoms with E-state index < -0.39 is 0 Å². The monoisotopic (exact) mass is 147 g/mol. The predicted molar refractivity (Wildman–Crippen MR) is 45.2 cm³/mol. The van der Waals surface area contributed by atoms with Crippen molar-refractivity contribution in [2.75, 3.05) is 5.73 Å². The summed E-state index contributed by atoms with van der Waals surface area (Å²) >= 11 is 0. The van der Waals surface area contributed by atoms with Gasteiger partial charge in [-0.1, -0.05) is 6.07 Å². The number of benzene rings is 1. The minimum absolute atomic E-state index is 0.777. The number of anilines is 1. The molecule has 56 valence electrons. The lowest BCUT2D eigenvalue weighted by molar-refractivity contribution is 1.11. The molecule has 0 unspecified atom stereocenters. The van der Waals surface area contributed by atoms with Crippen molar-refractivity contribution >= 4 is 16.6 Å². The number of nitrogens with one attached hydrogen (secondary N) is 1. The SMILES string of the molecule is Cc1ccc(N)c2cn[nH]c12. The van der Waals surface area contributed by atoms with Gasteiger partial charge < -0.3 is 5.73 Å². The molecule has 1 heterocycles. The number of nitrogens with zero attached hydrogens (tertiary/aromatic N) is 1. The molecule has 0 spiro atoms. The summed E-state index contributed by atoms with van der Waals surface area (Å²) in [6.45, 7) is 2.03. The normalized spacial score (nSPS) is 10.6. The van der Waals surface area contributed by atoms with E-state index >= 15 is 0 Å².